The predicted molar refractivity (Wildman–Crippen MR) is 126 cm³/mol. The van der Waals surface area contributed by atoms with Crippen LogP contribution in [0.25, 0.3) is 11.6 Å². The summed E-state index contributed by atoms with van der Waals surface area (Å²) in [6, 6.07) is 1.98. The Bertz CT molecular complexity index is 832. The zero-order valence-corrected chi connectivity index (χ0v) is 18.1. The number of fused-ring (bicyclic) bond motifs is 1. The van der Waals surface area contributed by atoms with Gasteiger partial charge in [-0.2, -0.15) is 0 Å². The van der Waals surface area contributed by atoms with Crippen LogP contribution < -0.4 is 27.4 Å². The van der Waals surface area contributed by atoms with Crippen molar-refractivity contribution in [2.75, 3.05) is 25.5 Å². The van der Waals surface area contributed by atoms with E-state index in [4.69, 9.17) is 16.9 Å². The first-order valence-corrected chi connectivity index (χ1v) is 10.3. The number of nitrogens with two attached hydrogens (primary N) is 2. The lowest BCUT2D eigenvalue weighted by Gasteiger charge is -2.27. The number of rotatable bonds is 11. The number of hydrogen-bond donors (Lipinski definition) is 6. The number of nitrogens with one attached hydrogen (secondary N) is 4. The van der Waals surface area contributed by atoms with E-state index in [-0.39, 0.29) is 6.17 Å². The summed E-state index contributed by atoms with van der Waals surface area (Å²) in [7, 11) is 1.80. The van der Waals surface area contributed by atoms with Gasteiger partial charge in [0.05, 0.1) is 22.9 Å². The van der Waals surface area contributed by atoms with Gasteiger partial charge in [0.1, 0.15) is 6.17 Å². The highest BCUT2D eigenvalue weighted by molar-refractivity contribution is 6.08. The molecule has 0 aromatic carbocycles. The van der Waals surface area contributed by atoms with Gasteiger partial charge in [-0.3, -0.25) is 4.98 Å². The molecule has 8 heteroatoms. The molecule has 0 saturated heterocycles. The molecule has 1 aliphatic heterocycles. The summed E-state index contributed by atoms with van der Waals surface area (Å²) in [6.07, 6.45) is 14.1. The fourth-order valence-corrected chi connectivity index (χ4v) is 3.27. The van der Waals surface area contributed by atoms with E-state index in [1.165, 1.54) is 6.21 Å². The van der Waals surface area contributed by atoms with E-state index in [1.807, 2.05) is 24.3 Å². The van der Waals surface area contributed by atoms with E-state index >= 15 is 0 Å². The van der Waals surface area contributed by atoms with Crippen LogP contribution in [0.15, 0.2) is 48.3 Å². The first-order valence-electron chi connectivity index (χ1n) is 10.3. The minimum Gasteiger partial charge on any atom is -0.403 e. The van der Waals surface area contributed by atoms with Gasteiger partial charge in [0.2, 0.25) is 0 Å². The molecule has 1 aromatic rings. The first-order chi connectivity index (χ1) is 14.6. The van der Waals surface area contributed by atoms with Crippen LogP contribution in [-0.2, 0) is 0 Å². The SMILES string of the molecule is CCCN(CCC)C(/C=C(\N)NC1C=Cc2ncc(/C(C=N)=C/NC)cc2N1)=C/N. The molecule has 2 rings (SSSR count). The van der Waals surface area contributed by atoms with Gasteiger partial charge in [-0.15, -0.1) is 0 Å². The van der Waals surface area contributed by atoms with Crippen molar-refractivity contribution in [3.63, 3.8) is 0 Å². The summed E-state index contributed by atoms with van der Waals surface area (Å²) < 4.78 is 0. The average Bonchev–Trinajstić information content (AvgIpc) is 2.75. The lowest BCUT2D eigenvalue weighted by Crippen LogP contribution is -2.38. The summed E-state index contributed by atoms with van der Waals surface area (Å²) in [5, 5.41) is 17.2. The summed E-state index contributed by atoms with van der Waals surface area (Å²) in [5.41, 5.74) is 16.3. The molecule has 0 spiro atoms. The lowest BCUT2D eigenvalue weighted by atomic mass is 10.1. The van der Waals surface area contributed by atoms with Crippen molar-refractivity contribution in [2.45, 2.75) is 32.9 Å². The van der Waals surface area contributed by atoms with Crippen molar-refractivity contribution in [1.29, 1.82) is 5.41 Å². The summed E-state index contributed by atoms with van der Waals surface area (Å²) in [5.74, 6) is 0.522. The minimum absolute atomic E-state index is 0.188. The first kappa shape index (κ1) is 22.9. The summed E-state index contributed by atoms with van der Waals surface area (Å²) >= 11 is 0. The molecule has 0 bridgehead atoms. The highest BCUT2D eigenvalue weighted by Crippen LogP contribution is 2.24. The molecule has 1 aromatic heterocycles. The number of aromatic nitrogens is 1. The highest BCUT2D eigenvalue weighted by atomic mass is 15.2. The highest BCUT2D eigenvalue weighted by Gasteiger charge is 2.15. The Labute approximate surface area is 179 Å². The molecular weight excluding hydrogens is 376 g/mol. The Morgan fingerprint density at radius 2 is 2.07 bits per heavy atom. The van der Waals surface area contributed by atoms with Gasteiger partial charge in [0, 0.05) is 62.2 Å². The van der Waals surface area contributed by atoms with Gasteiger partial charge in [-0.25, -0.2) is 0 Å². The maximum atomic E-state index is 7.60. The molecule has 0 fully saturated rings. The largest absolute Gasteiger partial charge is 0.403 e. The number of pyridine rings is 1. The van der Waals surface area contributed by atoms with E-state index in [0.29, 0.717) is 5.82 Å². The Morgan fingerprint density at radius 3 is 2.67 bits per heavy atom. The van der Waals surface area contributed by atoms with Gasteiger partial charge in [-0.1, -0.05) is 13.8 Å². The van der Waals surface area contributed by atoms with Crippen LogP contribution in [0.3, 0.4) is 0 Å². The minimum atomic E-state index is -0.188. The fourth-order valence-electron chi connectivity index (χ4n) is 3.27. The molecule has 1 aliphatic rings. The Hall–Kier alpha value is -3.42. The maximum absolute atomic E-state index is 7.60. The topological polar surface area (TPSA) is 128 Å². The van der Waals surface area contributed by atoms with Gasteiger partial charge in [0.25, 0.3) is 0 Å². The summed E-state index contributed by atoms with van der Waals surface area (Å²) in [4.78, 5) is 6.72. The molecule has 162 valence electrons. The molecule has 0 amide bonds. The third-order valence-corrected chi connectivity index (χ3v) is 4.61. The van der Waals surface area contributed by atoms with Gasteiger partial charge in [-0.05, 0) is 31.1 Å². The molecule has 8 N–H and O–H groups in total. The third kappa shape index (κ3) is 6.04. The molecule has 0 radical (unpaired) electrons. The zero-order chi connectivity index (χ0) is 21.9. The van der Waals surface area contributed by atoms with Crippen LogP contribution in [-0.4, -0.2) is 42.4 Å². The molecule has 2 heterocycles. The molecule has 30 heavy (non-hydrogen) atoms. The molecule has 8 nitrogen and oxygen atoms in total. The number of anilines is 1. The van der Waals surface area contributed by atoms with Gasteiger partial charge >= 0.3 is 0 Å². The second-order valence-corrected chi connectivity index (χ2v) is 6.99. The van der Waals surface area contributed by atoms with Gasteiger partial charge in [0.15, 0.2) is 0 Å². The fraction of sp³-hybridized carbons (Fsp3) is 0.364. The Kier molecular flexibility index (Phi) is 8.80. The van der Waals surface area contributed by atoms with E-state index in [2.05, 4.69) is 39.7 Å². The Balaban J connectivity index is 2.14. The third-order valence-electron chi connectivity index (χ3n) is 4.61. The number of nitrogens with zero attached hydrogens (tertiary/aromatic N) is 2. The van der Waals surface area contributed by atoms with Crippen molar-refractivity contribution in [3.05, 3.63) is 59.6 Å². The van der Waals surface area contributed by atoms with Crippen LogP contribution in [0.4, 0.5) is 5.69 Å². The maximum Gasteiger partial charge on any atom is 0.117 e. The van der Waals surface area contributed by atoms with Crippen molar-refractivity contribution in [2.24, 2.45) is 11.5 Å². The second-order valence-electron chi connectivity index (χ2n) is 6.99. The van der Waals surface area contributed by atoms with Crippen molar-refractivity contribution >= 4 is 23.6 Å². The molecule has 0 aliphatic carbocycles. The van der Waals surface area contributed by atoms with Crippen LogP contribution in [0, 0.1) is 5.41 Å². The lowest BCUT2D eigenvalue weighted by molar-refractivity contribution is 0.353. The molecule has 1 atom stereocenters. The van der Waals surface area contributed by atoms with Crippen LogP contribution in [0.2, 0.25) is 0 Å². The quantitative estimate of drug-likeness (QED) is 0.244. The van der Waals surface area contributed by atoms with E-state index < -0.39 is 0 Å². The molecule has 1 unspecified atom stereocenters. The molecular formula is C22H34N8. The monoisotopic (exact) mass is 410 g/mol. The van der Waals surface area contributed by atoms with Crippen molar-refractivity contribution in [3.8, 4) is 0 Å². The number of allylic oxidation sites excluding steroid dienone is 2. The zero-order valence-electron chi connectivity index (χ0n) is 18.1. The average molecular weight is 411 g/mol. The second kappa shape index (κ2) is 11.5. The van der Waals surface area contributed by atoms with E-state index in [9.17, 15) is 0 Å². The van der Waals surface area contributed by atoms with Crippen LogP contribution in [0.1, 0.15) is 37.9 Å². The van der Waals surface area contributed by atoms with E-state index in [0.717, 1.165) is 54.1 Å². The predicted octanol–water partition coefficient (Wildman–Crippen LogP) is 2.37. The smallest absolute Gasteiger partial charge is 0.117 e. The Morgan fingerprint density at radius 1 is 1.33 bits per heavy atom. The van der Waals surface area contributed by atoms with Crippen LogP contribution >= 0.6 is 0 Å². The van der Waals surface area contributed by atoms with E-state index in [1.54, 1.807) is 25.6 Å². The van der Waals surface area contributed by atoms with Crippen molar-refractivity contribution in [1.82, 2.24) is 20.5 Å². The van der Waals surface area contributed by atoms with Crippen molar-refractivity contribution < 1.29 is 0 Å². The molecule has 0 saturated carbocycles. The van der Waals surface area contributed by atoms with Gasteiger partial charge < -0.3 is 37.7 Å². The number of hydrogen-bond acceptors (Lipinski definition) is 8. The standard InChI is InChI=1S/C22H34N8/c1-4-8-30(9-5-2)18(13-24)11-21(25)29-22-7-6-19-20(28-22)10-16(15-27-19)17(12-23)14-26-3/h6-7,10-15,22-23,26,28-29H,4-5,8-9,24-25H2,1-3H3/b17-14+,18-13+,21-11+,23-12?. The van der Waals surface area contributed by atoms with Crippen LogP contribution in [0.5, 0.6) is 0 Å². The normalized spacial score (nSPS) is 16.5. The summed E-state index contributed by atoms with van der Waals surface area (Å²) in [6.45, 7) is 6.15.